The molecule has 2 rings (SSSR count). The van der Waals surface area contributed by atoms with Gasteiger partial charge in [-0.25, -0.2) is 9.78 Å². The van der Waals surface area contributed by atoms with Crippen LogP contribution in [0.15, 0.2) is 18.3 Å². The van der Waals surface area contributed by atoms with Crippen LogP contribution in [0.5, 0.6) is 0 Å². The fourth-order valence-corrected chi connectivity index (χ4v) is 2.75. The Kier molecular flexibility index (Phi) is 5.85. The average Bonchev–Trinajstić information content (AvgIpc) is 2.96. The molecule has 0 aromatic carbocycles. The molecule has 2 heterocycles. The molecule has 1 aliphatic rings. The number of rotatable bonds is 5. The second kappa shape index (κ2) is 7.66. The molecule has 128 valence electrons. The van der Waals surface area contributed by atoms with Gasteiger partial charge in [0.15, 0.2) is 0 Å². The molecule has 5 nitrogen and oxygen atoms in total. The molecular weight excluding hydrogens is 290 g/mol. The van der Waals surface area contributed by atoms with Crippen LogP contribution in [0.1, 0.15) is 65.0 Å². The monoisotopic (exact) mass is 319 g/mol. The first kappa shape index (κ1) is 17.6. The van der Waals surface area contributed by atoms with Crippen LogP contribution < -0.4 is 5.32 Å². The van der Waals surface area contributed by atoms with Crippen LogP contribution in [-0.4, -0.2) is 34.7 Å². The van der Waals surface area contributed by atoms with Gasteiger partial charge >= 0.3 is 6.09 Å². The zero-order chi connectivity index (χ0) is 16.9. The number of pyridine rings is 1. The van der Waals surface area contributed by atoms with Crippen molar-refractivity contribution in [3.05, 3.63) is 23.9 Å². The summed E-state index contributed by atoms with van der Waals surface area (Å²) in [5, 5.41) is 3.31. The molecule has 1 amide bonds. The van der Waals surface area contributed by atoms with E-state index >= 15 is 0 Å². The molecular formula is C18H29N3O2. The SMILES string of the molecule is CCCCNc1ccc([C@@H]2CCCN2C(=O)OC(C)(C)C)cn1. The Balaban J connectivity index is 2.00. The number of aromatic nitrogens is 1. The summed E-state index contributed by atoms with van der Waals surface area (Å²) in [5.74, 6) is 0.893. The van der Waals surface area contributed by atoms with Crippen LogP contribution >= 0.6 is 0 Å². The number of anilines is 1. The van der Waals surface area contributed by atoms with E-state index < -0.39 is 5.60 Å². The highest BCUT2D eigenvalue weighted by Crippen LogP contribution is 2.33. The standard InChI is InChI=1S/C18H29N3O2/c1-5-6-11-19-16-10-9-14(13-20-16)15-8-7-12-21(15)17(22)23-18(2,3)4/h9-10,13,15H,5-8,11-12H2,1-4H3,(H,19,20)/t15-/m0/s1. The summed E-state index contributed by atoms with van der Waals surface area (Å²) in [6.07, 6.45) is 5.91. The maximum absolute atomic E-state index is 12.4. The summed E-state index contributed by atoms with van der Waals surface area (Å²) >= 11 is 0. The molecule has 0 unspecified atom stereocenters. The Hall–Kier alpha value is -1.78. The van der Waals surface area contributed by atoms with E-state index in [4.69, 9.17) is 4.74 Å². The fourth-order valence-electron chi connectivity index (χ4n) is 2.75. The van der Waals surface area contributed by atoms with E-state index in [0.717, 1.165) is 50.2 Å². The van der Waals surface area contributed by atoms with Crippen LogP contribution in [0.25, 0.3) is 0 Å². The van der Waals surface area contributed by atoms with Gasteiger partial charge in [-0.3, -0.25) is 0 Å². The summed E-state index contributed by atoms with van der Waals surface area (Å²) in [6.45, 7) is 9.55. The van der Waals surface area contributed by atoms with Crippen molar-refractivity contribution in [3.8, 4) is 0 Å². The zero-order valence-electron chi connectivity index (χ0n) is 14.8. The smallest absolute Gasteiger partial charge is 0.410 e. The van der Waals surface area contributed by atoms with E-state index in [2.05, 4.69) is 23.3 Å². The first-order valence-corrected chi connectivity index (χ1v) is 8.60. The van der Waals surface area contributed by atoms with Gasteiger partial charge in [-0.15, -0.1) is 0 Å². The Labute approximate surface area is 139 Å². The molecule has 1 fully saturated rings. The van der Waals surface area contributed by atoms with Crippen molar-refractivity contribution in [2.45, 2.75) is 65.0 Å². The summed E-state index contributed by atoms with van der Waals surface area (Å²) in [6, 6.07) is 4.13. The lowest BCUT2D eigenvalue weighted by Crippen LogP contribution is -2.36. The van der Waals surface area contributed by atoms with E-state index in [-0.39, 0.29) is 12.1 Å². The lowest BCUT2D eigenvalue weighted by molar-refractivity contribution is 0.0224. The Morgan fingerprint density at radius 2 is 2.22 bits per heavy atom. The maximum atomic E-state index is 12.4. The number of hydrogen-bond acceptors (Lipinski definition) is 4. The van der Waals surface area contributed by atoms with Crippen LogP contribution in [0.4, 0.5) is 10.6 Å². The fraction of sp³-hybridized carbons (Fsp3) is 0.667. The van der Waals surface area contributed by atoms with Crippen molar-refractivity contribution in [3.63, 3.8) is 0 Å². The van der Waals surface area contributed by atoms with Gasteiger partial charge in [0.2, 0.25) is 0 Å². The predicted octanol–water partition coefficient (Wildman–Crippen LogP) is 4.37. The number of nitrogens with one attached hydrogen (secondary N) is 1. The molecule has 1 aromatic rings. The number of unbranched alkanes of at least 4 members (excludes halogenated alkanes) is 1. The highest BCUT2D eigenvalue weighted by Gasteiger charge is 2.33. The molecule has 1 saturated heterocycles. The molecule has 1 N–H and O–H groups in total. The minimum absolute atomic E-state index is 0.0713. The minimum Gasteiger partial charge on any atom is -0.444 e. The third-order valence-corrected chi connectivity index (χ3v) is 3.89. The van der Waals surface area contributed by atoms with Gasteiger partial charge in [0.05, 0.1) is 6.04 Å². The second-order valence-electron chi connectivity index (χ2n) is 7.09. The largest absolute Gasteiger partial charge is 0.444 e. The molecule has 1 aromatic heterocycles. The van der Waals surface area contributed by atoms with Crippen molar-refractivity contribution in [2.75, 3.05) is 18.4 Å². The van der Waals surface area contributed by atoms with Gasteiger partial charge < -0.3 is 15.0 Å². The van der Waals surface area contributed by atoms with Gasteiger partial charge in [0, 0.05) is 19.3 Å². The second-order valence-corrected chi connectivity index (χ2v) is 7.09. The summed E-state index contributed by atoms with van der Waals surface area (Å²) in [4.78, 5) is 18.7. The first-order chi connectivity index (χ1) is 10.9. The normalized spacial score (nSPS) is 18.1. The van der Waals surface area contributed by atoms with E-state index in [1.165, 1.54) is 0 Å². The third-order valence-electron chi connectivity index (χ3n) is 3.89. The van der Waals surface area contributed by atoms with E-state index in [1.54, 1.807) is 0 Å². The number of ether oxygens (including phenoxy) is 1. The molecule has 23 heavy (non-hydrogen) atoms. The molecule has 1 aliphatic heterocycles. The van der Waals surface area contributed by atoms with Crippen LogP contribution in [0.2, 0.25) is 0 Å². The lowest BCUT2D eigenvalue weighted by Gasteiger charge is -2.28. The number of nitrogens with zero attached hydrogens (tertiary/aromatic N) is 2. The van der Waals surface area contributed by atoms with Crippen LogP contribution in [-0.2, 0) is 4.74 Å². The van der Waals surface area contributed by atoms with Gasteiger partial charge in [-0.05, 0) is 51.7 Å². The number of hydrogen-bond donors (Lipinski definition) is 1. The molecule has 1 atom stereocenters. The maximum Gasteiger partial charge on any atom is 0.410 e. The van der Waals surface area contributed by atoms with Gasteiger partial charge in [-0.2, -0.15) is 0 Å². The topological polar surface area (TPSA) is 54.5 Å². The first-order valence-electron chi connectivity index (χ1n) is 8.60. The Bertz CT molecular complexity index is 508. The summed E-state index contributed by atoms with van der Waals surface area (Å²) in [7, 11) is 0. The van der Waals surface area contributed by atoms with Crippen molar-refractivity contribution in [1.82, 2.24) is 9.88 Å². The third kappa shape index (κ3) is 5.12. The van der Waals surface area contributed by atoms with E-state index in [9.17, 15) is 4.79 Å². The molecule has 0 bridgehead atoms. The highest BCUT2D eigenvalue weighted by atomic mass is 16.6. The van der Waals surface area contributed by atoms with Gasteiger partial charge in [0.1, 0.15) is 11.4 Å². The summed E-state index contributed by atoms with van der Waals surface area (Å²) in [5.41, 5.74) is 0.615. The quantitative estimate of drug-likeness (QED) is 0.819. The minimum atomic E-state index is -0.463. The summed E-state index contributed by atoms with van der Waals surface area (Å²) < 4.78 is 5.52. The number of likely N-dealkylation sites (tertiary alicyclic amines) is 1. The zero-order valence-corrected chi connectivity index (χ0v) is 14.8. The molecule has 5 heteroatoms. The predicted molar refractivity (Wildman–Crippen MR) is 92.5 cm³/mol. The van der Waals surface area contributed by atoms with Crippen LogP contribution in [0.3, 0.4) is 0 Å². The van der Waals surface area contributed by atoms with E-state index in [1.807, 2.05) is 37.9 Å². The average molecular weight is 319 g/mol. The lowest BCUT2D eigenvalue weighted by atomic mass is 10.1. The van der Waals surface area contributed by atoms with Crippen molar-refractivity contribution in [2.24, 2.45) is 0 Å². The molecule has 0 spiro atoms. The molecule has 0 aliphatic carbocycles. The van der Waals surface area contributed by atoms with E-state index in [0.29, 0.717) is 0 Å². The Morgan fingerprint density at radius 1 is 1.43 bits per heavy atom. The van der Waals surface area contributed by atoms with Crippen molar-refractivity contribution in [1.29, 1.82) is 0 Å². The number of amides is 1. The van der Waals surface area contributed by atoms with Crippen molar-refractivity contribution >= 4 is 11.9 Å². The van der Waals surface area contributed by atoms with Gasteiger partial charge in [-0.1, -0.05) is 19.4 Å². The molecule has 0 saturated carbocycles. The number of carbonyl (C=O) groups excluding carboxylic acids is 1. The highest BCUT2D eigenvalue weighted by molar-refractivity contribution is 5.69. The molecule has 0 radical (unpaired) electrons. The number of carbonyl (C=O) groups is 1. The van der Waals surface area contributed by atoms with Crippen LogP contribution in [0, 0.1) is 0 Å². The van der Waals surface area contributed by atoms with Gasteiger partial charge in [0.25, 0.3) is 0 Å². The Morgan fingerprint density at radius 3 is 2.83 bits per heavy atom. The van der Waals surface area contributed by atoms with Crippen molar-refractivity contribution < 1.29 is 9.53 Å².